The number of amides is 1. The summed E-state index contributed by atoms with van der Waals surface area (Å²) in [6.07, 6.45) is -1.13. The van der Waals surface area contributed by atoms with Crippen molar-refractivity contribution in [1.29, 1.82) is 0 Å². The molecule has 6 nitrogen and oxygen atoms in total. The van der Waals surface area contributed by atoms with Crippen molar-refractivity contribution >= 4 is 11.7 Å². The second-order valence-electron chi connectivity index (χ2n) is 6.58. The van der Waals surface area contributed by atoms with Gasteiger partial charge in [0.2, 0.25) is 0 Å². The molecule has 0 spiro atoms. The number of carbonyl (C=O) groups excluding carboxylic acids is 2. The molecule has 156 valence electrons. The first kappa shape index (κ1) is 22.3. The van der Waals surface area contributed by atoms with Crippen LogP contribution in [-0.4, -0.2) is 34.4 Å². The van der Waals surface area contributed by atoms with Crippen LogP contribution in [0.2, 0.25) is 0 Å². The van der Waals surface area contributed by atoms with Gasteiger partial charge in [-0.2, -0.15) is 13.2 Å². The summed E-state index contributed by atoms with van der Waals surface area (Å²) in [7, 11) is 0. The lowest BCUT2D eigenvalue weighted by Gasteiger charge is -2.16. The number of nitrogens with zero attached hydrogens (tertiary/aromatic N) is 2. The van der Waals surface area contributed by atoms with E-state index in [1.165, 1.54) is 13.0 Å². The highest BCUT2D eigenvalue weighted by atomic mass is 19.4. The average Bonchev–Trinajstić information content (AvgIpc) is 2.66. The number of ketones is 1. The van der Waals surface area contributed by atoms with E-state index in [0.29, 0.717) is 17.7 Å². The summed E-state index contributed by atoms with van der Waals surface area (Å²) in [6, 6.07) is 4.47. The van der Waals surface area contributed by atoms with Crippen molar-refractivity contribution in [2.45, 2.75) is 45.8 Å². The summed E-state index contributed by atoms with van der Waals surface area (Å²) in [5.74, 6) is -0.448. The number of nitrogens with one attached hydrogen (secondary N) is 1. The number of hydrogen-bond acceptors (Lipinski definition) is 5. The van der Waals surface area contributed by atoms with Crippen molar-refractivity contribution in [3.05, 3.63) is 53.1 Å². The predicted molar refractivity (Wildman–Crippen MR) is 99.6 cm³/mol. The van der Waals surface area contributed by atoms with Crippen LogP contribution < -0.4 is 10.1 Å². The van der Waals surface area contributed by atoms with Crippen molar-refractivity contribution in [3.63, 3.8) is 0 Å². The van der Waals surface area contributed by atoms with Crippen LogP contribution in [0, 0.1) is 6.92 Å². The molecule has 1 atom stereocenters. The van der Waals surface area contributed by atoms with Crippen LogP contribution in [0.4, 0.5) is 13.2 Å². The molecule has 9 heteroatoms. The van der Waals surface area contributed by atoms with Crippen LogP contribution in [0.3, 0.4) is 0 Å². The van der Waals surface area contributed by atoms with Gasteiger partial charge < -0.3 is 10.1 Å². The van der Waals surface area contributed by atoms with Gasteiger partial charge >= 0.3 is 6.18 Å². The smallest absolute Gasteiger partial charge is 0.422 e. The largest absolute Gasteiger partial charge is 0.482 e. The molecule has 2 aromatic heterocycles. The van der Waals surface area contributed by atoms with E-state index in [0.717, 1.165) is 11.8 Å². The third-order valence-corrected chi connectivity index (χ3v) is 4.15. The Labute approximate surface area is 166 Å². The van der Waals surface area contributed by atoms with Gasteiger partial charge in [0, 0.05) is 24.7 Å². The molecule has 0 aliphatic rings. The van der Waals surface area contributed by atoms with Gasteiger partial charge in [-0.3, -0.25) is 14.6 Å². The van der Waals surface area contributed by atoms with E-state index in [1.807, 2.05) is 0 Å². The number of pyridine rings is 2. The second-order valence-corrected chi connectivity index (χ2v) is 6.58. The minimum absolute atomic E-state index is 0.0358. The Balaban J connectivity index is 2.05. The first-order valence-electron chi connectivity index (χ1n) is 9.02. The second kappa shape index (κ2) is 9.49. The lowest BCUT2D eigenvalue weighted by atomic mass is 10.1. The Hall–Kier alpha value is -2.97. The molecule has 1 unspecified atom stereocenters. The van der Waals surface area contributed by atoms with Crippen LogP contribution in [-0.2, 0) is 11.2 Å². The van der Waals surface area contributed by atoms with E-state index in [9.17, 15) is 22.8 Å². The zero-order valence-corrected chi connectivity index (χ0v) is 16.3. The third-order valence-electron chi connectivity index (χ3n) is 4.15. The van der Waals surface area contributed by atoms with Gasteiger partial charge in [0.25, 0.3) is 5.91 Å². The van der Waals surface area contributed by atoms with Gasteiger partial charge in [-0.1, -0.05) is 6.92 Å². The quantitative estimate of drug-likeness (QED) is 0.718. The lowest BCUT2D eigenvalue weighted by molar-refractivity contribution is -0.153. The van der Waals surface area contributed by atoms with E-state index in [1.54, 1.807) is 32.2 Å². The molecule has 1 amide bonds. The molecular formula is C20H22F3N3O3. The van der Waals surface area contributed by atoms with E-state index >= 15 is 0 Å². The van der Waals surface area contributed by atoms with E-state index in [4.69, 9.17) is 0 Å². The highest BCUT2D eigenvalue weighted by molar-refractivity contribution is 5.92. The van der Waals surface area contributed by atoms with Crippen molar-refractivity contribution in [3.8, 4) is 5.75 Å². The van der Waals surface area contributed by atoms with Crippen LogP contribution in [0.15, 0.2) is 30.6 Å². The maximum atomic E-state index is 12.5. The topological polar surface area (TPSA) is 81.2 Å². The maximum Gasteiger partial charge on any atom is 0.422 e. The maximum absolute atomic E-state index is 12.5. The number of halogens is 3. The number of ether oxygens (including phenoxy) is 1. The number of aromatic nitrogens is 2. The third kappa shape index (κ3) is 6.85. The standard InChI is InChI=1S/C20H22F3N3O3/c1-4-16(27)9-15-8-14(5-6-24-15)13(3)26-19(28)17-7-12(2)18(10-25-17)29-11-20(21,22)23/h5-8,10,13H,4,9,11H2,1-3H3,(H,26,28). The normalized spacial score (nSPS) is 12.3. The molecule has 0 saturated carbocycles. The molecular weight excluding hydrogens is 387 g/mol. The summed E-state index contributed by atoms with van der Waals surface area (Å²) in [5.41, 5.74) is 1.82. The SMILES string of the molecule is CCC(=O)Cc1cc(C(C)NC(=O)c2cc(C)c(OCC(F)(F)F)cn2)ccn1. The summed E-state index contributed by atoms with van der Waals surface area (Å²) in [5, 5.41) is 2.77. The van der Waals surface area contributed by atoms with Crippen LogP contribution in [0.5, 0.6) is 5.75 Å². The van der Waals surface area contributed by atoms with Crippen molar-refractivity contribution < 1.29 is 27.5 Å². The molecule has 29 heavy (non-hydrogen) atoms. The van der Waals surface area contributed by atoms with Crippen LogP contribution in [0.25, 0.3) is 0 Å². The highest BCUT2D eigenvalue weighted by Crippen LogP contribution is 2.22. The molecule has 2 rings (SSSR count). The molecule has 0 radical (unpaired) electrons. The zero-order valence-electron chi connectivity index (χ0n) is 16.3. The Morgan fingerprint density at radius 2 is 1.97 bits per heavy atom. The fourth-order valence-corrected chi connectivity index (χ4v) is 2.52. The number of aryl methyl sites for hydroxylation is 1. The molecule has 2 heterocycles. The number of alkyl halides is 3. The van der Waals surface area contributed by atoms with Crippen molar-refractivity contribution in [1.82, 2.24) is 15.3 Å². The lowest BCUT2D eigenvalue weighted by Crippen LogP contribution is -2.27. The van der Waals surface area contributed by atoms with E-state index < -0.39 is 18.7 Å². The fourth-order valence-electron chi connectivity index (χ4n) is 2.52. The Morgan fingerprint density at radius 1 is 1.24 bits per heavy atom. The molecule has 0 aliphatic carbocycles. The summed E-state index contributed by atoms with van der Waals surface area (Å²) in [6.45, 7) is 3.66. The van der Waals surface area contributed by atoms with Gasteiger partial charge in [-0.25, -0.2) is 4.98 Å². The minimum atomic E-state index is -4.46. The molecule has 1 N–H and O–H groups in total. The first-order valence-corrected chi connectivity index (χ1v) is 9.02. The zero-order chi connectivity index (χ0) is 21.6. The number of carbonyl (C=O) groups is 2. The van der Waals surface area contributed by atoms with Crippen molar-refractivity contribution in [2.75, 3.05) is 6.61 Å². The number of rotatable bonds is 8. The molecule has 0 aromatic carbocycles. The molecule has 2 aromatic rings. The van der Waals surface area contributed by atoms with Gasteiger partial charge in [-0.15, -0.1) is 0 Å². The van der Waals surface area contributed by atoms with E-state index in [-0.39, 0.29) is 29.7 Å². The van der Waals surface area contributed by atoms with Gasteiger partial charge in [0.05, 0.1) is 12.2 Å². The van der Waals surface area contributed by atoms with Crippen molar-refractivity contribution in [2.24, 2.45) is 0 Å². The summed E-state index contributed by atoms with van der Waals surface area (Å²) >= 11 is 0. The number of hydrogen-bond donors (Lipinski definition) is 1. The Kier molecular flexibility index (Phi) is 7.30. The van der Waals surface area contributed by atoms with Gasteiger partial charge in [0.1, 0.15) is 17.2 Å². The molecule has 0 aliphatic heterocycles. The van der Waals surface area contributed by atoms with Gasteiger partial charge in [0.15, 0.2) is 6.61 Å². The van der Waals surface area contributed by atoms with Crippen LogP contribution >= 0.6 is 0 Å². The van der Waals surface area contributed by atoms with E-state index in [2.05, 4.69) is 20.0 Å². The Morgan fingerprint density at radius 3 is 2.59 bits per heavy atom. The molecule has 0 bridgehead atoms. The average molecular weight is 409 g/mol. The number of Topliss-reactive ketones (excluding diaryl/α,β-unsaturated/α-hetero) is 1. The minimum Gasteiger partial charge on any atom is -0.482 e. The molecule has 0 fully saturated rings. The predicted octanol–water partition coefficient (Wildman–Crippen LogP) is 3.74. The summed E-state index contributed by atoms with van der Waals surface area (Å²) < 4.78 is 41.5. The monoisotopic (exact) mass is 409 g/mol. The first-order chi connectivity index (χ1) is 13.6. The van der Waals surface area contributed by atoms with Crippen LogP contribution in [0.1, 0.15) is 53.6 Å². The van der Waals surface area contributed by atoms with Gasteiger partial charge in [-0.05, 0) is 43.2 Å². The molecule has 0 saturated heterocycles. The Bertz CT molecular complexity index is 885. The fraction of sp³-hybridized carbons (Fsp3) is 0.400. The summed E-state index contributed by atoms with van der Waals surface area (Å²) in [4.78, 5) is 32.1. The highest BCUT2D eigenvalue weighted by Gasteiger charge is 2.28.